The molecule has 26 heavy (non-hydrogen) atoms. The van der Waals surface area contributed by atoms with Crippen molar-refractivity contribution in [2.75, 3.05) is 19.0 Å². The van der Waals surface area contributed by atoms with Crippen molar-refractivity contribution in [3.05, 3.63) is 60.2 Å². The molecule has 0 bridgehead atoms. The molecule has 1 N–H and O–H groups in total. The molecule has 2 unspecified atom stereocenters. The zero-order valence-corrected chi connectivity index (χ0v) is 15.1. The second-order valence-corrected chi connectivity index (χ2v) is 6.50. The number of benzene rings is 2. The molecule has 0 aliphatic heterocycles. The fourth-order valence-corrected chi connectivity index (χ4v) is 3.05. The summed E-state index contributed by atoms with van der Waals surface area (Å²) in [5.41, 5.74) is 1.81. The van der Waals surface area contributed by atoms with Crippen molar-refractivity contribution >= 4 is 17.5 Å². The summed E-state index contributed by atoms with van der Waals surface area (Å²) in [6.45, 7) is 3.19. The third-order valence-corrected chi connectivity index (χ3v) is 4.71. The predicted octanol–water partition coefficient (Wildman–Crippen LogP) is 3.32. The summed E-state index contributed by atoms with van der Waals surface area (Å²) < 4.78 is 5.11. The maximum Gasteiger partial charge on any atom is 0.228 e. The van der Waals surface area contributed by atoms with Crippen molar-refractivity contribution in [3.63, 3.8) is 0 Å². The van der Waals surface area contributed by atoms with Gasteiger partial charge in [0.15, 0.2) is 0 Å². The smallest absolute Gasteiger partial charge is 0.228 e. The highest BCUT2D eigenvalue weighted by atomic mass is 16.5. The summed E-state index contributed by atoms with van der Waals surface area (Å²) in [6, 6.07) is 17.1. The van der Waals surface area contributed by atoms with Crippen molar-refractivity contribution in [3.8, 4) is 5.75 Å². The molecule has 0 heterocycles. The van der Waals surface area contributed by atoms with Gasteiger partial charge in [0.2, 0.25) is 11.8 Å². The average Bonchev–Trinajstić information content (AvgIpc) is 3.48. The Morgan fingerprint density at radius 3 is 2.38 bits per heavy atom. The lowest BCUT2D eigenvalue weighted by Crippen LogP contribution is -2.33. The van der Waals surface area contributed by atoms with E-state index >= 15 is 0 Å². The lowest BCUT2D eigenvalue weighted by Gasteiger charge is -2.21. The van der Waals surface area contributed by atoms with Gasteiger partial charge in [-0.05, 0) is 43.2 Å². The SMILES string of the molecule is CCN(Cc1ccccc1)C(=O)C1CC1C(=O)Nc1ccc(OC)cc1. The summed E-state index contributed by atoms with van der Waals surface area (Å²) in [6.07, 6.45) is 0.617. The zero-order valence-electron chi connectivity index (χ0n) is 15.1. The molecule has 1 fully saturated rings. The van der Waals surface area contributed by atoms with Crippen LogP contribution < -0.4 is 10.1 Å². The Bertz CT molecular complexity index is 759. The second kappa shape index (κ2) is 8.04. The number of hydrogen-bond acceptors (Lipinski definition) is 3. The van der Waals surface area contributed by atoms with Crippen molar-refractivity contribution in [1.82, 2.24) is 4.90 Å². The van der Waals surface area contributed by atoms with Gasteiger partial charge in [0.25, 0.3) is 0 Å². The molecular weight excluding hydrogens is 328 g/mol. The van der Waals surface area contributed by atoms with Gasteiger partial charge in [-0.25, -0.2) is 0 Å². The van der Waals surface area contributed by atoms with E-state index < -0.39 is 0 Å². The van der Waals surface area contributed by atoms with Crippen molar-refractivity contribution in [1.29, 1.82) is 0 Å². The Hall–Kier alpha value is -2.82. The zero-order chi connectivity index (χ0) is 18.5. The molecule has 1 aliphatic carbocycles. The van der Waals surface area contributed by atoms with Crippen LogP contribution in [0.25, 0.3) is 0 Å². The van der Waals surface area contributed by atoms with Gasteiger partial charge in [-0.3, -0.25) is 9.59 Å². The van der Waals surface area contributed by atoms with Crippen LogP contribution in [0.2, 0.25) is 0 Å². The van der Waals surface area contributed by atoms with E-state index in [0.29, 0.717) is 25.2 Å². The second-order valence-electron chi connectivity index (χ2n) is 6.50. The van der Waals surface area contributed by atoms with Crippen LogP contribution in [-0.4, -0.2) is 30.4 Å². The van der Waals surface area contributed by atoms with Gasteiger partial charge < -0.3 is 15.0 Å². The van der Waals surface area contributed by atoms with E-state index in [1.807, 2.05) is 42.2 Å². The fourth-order valence-electron chi connectivity index (χ4n) is 3.05. The van der Waals surface area contributed by atoms with E-state index in [4.69, 9.17) is 4.74 Å². The third-order valence-electron chi connectivity index (χ3n) is 4.71. The monoisotopic (exact) mass is 352 g/mol. The minimum absolute atomic E-state index is 0.0613. The Balaban J connectivity index is 1.55. The molecule has 0 saturated heterocycles. The molecule has 2 aromatic carbocycles. The number of carbonyl (C=O) groups is 2. The van der Waals surface area contributed by atoms with Gasteiger partial charge in [0, 0.05) is 18.8 Å². The molecule has 5 heteroatoms. The molecule has 136 valence electrons. The van der Waals surface area contributed by atoms with Gasteiger partial charge in [-0.1, -0.05) is 30.3 Å². The van der Waals surface area contributed by atoms with Gasteiger partial charge in [-0.2, -0.15) is 0 Å². The Labute approximate surface area is 154 Å². The summed E-state index contributed by atoms with van der Waals surface area (Å²) in [7, 11) is 1.60. The van der Waals surface area contributed by atoms with Gasteiger partial charge in [-0.15, -0.1) is 0 Å². The van der Waals surface area contributed by atoms with Gasteiger partial charge in [0.1, 0.15) is 5.75 Å². The quantitative estimate of drug-likeness (QED) is 0.832. The van der Waals surface area contributed by atoms with Crippen LogP contribution in [0, 0.1) is 11.8 Å². The molecule has 1 saturated carbocycles. The van der Waals surface area contributed by atoms with E-state index in [2.05, 4.69) is 5.32 Å². The van der Waals surface area contributed by atoms with Crippen LogP contribution in [0.4, 0.5) is 5.69 Å². The Kier molecular flexibility index (Phi) is 5.56. The number of methoxy groups -OCH3 is 1. The van der Waals surface area contributed by atoms with Crippen LogP contribution in [0.5, 0.6) is 5.75 Å². The lowest BCUT2D eigenvalue weighted by molar-refractivity contribution is -0.134. The topological polar surface area (TPSA) is 58.6 Å². The number of anilines is 1. The molecule has 2 amide bonds. The first-order chi connectivity index (χ1) is 12.6. The van der Waals surface area contributed by atoms with E-state index in [9.17, 15) is 9.59 Å². The molecule has 2 atom stereocenters. The van der Waals surface area contributed by atoms with Crippen LogP contribution >= 0.6 is 0 Å². The highest BCUT2D eigenvalue weighted by Crippen LogP contribution is 2.41. The van der Waals surface area contributed by atoms with Crippen LogP contribution in [0.15, 0.2) is 54.6 Å². The normalized spacial score (nSPS) is 18.1. The van der Waals surface area contributed by atoms with Crippen molar-refractivity contribution in [2.45, 2.75) is 19.9 Å². The number of carbonyl (C=O) groups excluding carboxylic acids is 2. The van der Waals surface area contributed by atoms with E-state index in [-0.39, 0.29) is 23.7 Å². The molecule has 0 spiro atoms. The standard InChI is InChI=1S/C21H24N2O3/c1-3-23(14-15-7-5-4-6-8-15)21(25)19-13-18(19)20(24)22-16-9-11-17(26-2)12-10-16/h4-12,18-19H,3,13-14H2,1-2H3,(H,22,24). The number of amides is 2. The molecule has 3 rings (SSSR count). The van der Waals surface area contributed by atoms with Gasteiger partial charge in [0.05, 0.1) is 18.9 Å². The highest BCUT2D eigenvalue weighted by molar-refractivity contribution is 5.99. The molecule has 2 aromatic rings. The first-order valence-electron chi connectivity index (χ1n) is 8.90. The summed E-state index contributed by atoms with van der Waals surface area (Å²) in [4.78, 5) is 26.9. The van der Waals surface area contributed by atoms with Crippen LogP contribution in [-0.2, 0) is 16.1 Å². The molecule has 0 radical (unpaired) electrons. The lowest BCUT2D eigenvalue weighted by atomic mass is 10.2. The summed E-state index contributed by atoms with van der Waals surface area (Å²) >= 11 is 0. The van der Waals surface area contributed by atoms with E-state index in [0.717, 1.165) is 11.3 Å². The molecule has 1 aliphatic rings. The Morgan fingerprint density at radius 1 is 1.08 bits per heavy atom. The number of nitrogens with zero attached hydrogens (tertiary/aromatic N) is 1. The van der Waals surface area contributed by atoms with Crippen LogP contribution in [0.3, 0.4) is 0 Å². The largest absolute Gasteiger partial charge is 0.497 e. The summed E-state index contributed by atoms with van der Waals surface area (Å²) in [5, 5.41) is 2.88. The maximum atomic E-state index is 12.7. The first-order valence-corrected chi connectivity index (χ1v) is 8.90. The number of ether oxygens (including phenoxy) is 1. The molecule has 0 aromatic heterocycles. The van der Waals surface area contributed by atoms with E-state index in [1.54, 1.807) is 31.4 Å². The number of nitrogens with one attached hydrogen (secondary N) is 1. The molecule has 5 nitrogen and oxygen atoms in total. The fraction of sp³-hybridized carbons (Fsp3) is 0.333. The van der Waals surface area contributed by atoms with Crippen molar-refractivity contribution in [2.24, 2.45) is 11.8 Å². The minimum Gasteiger partial charge on any atom is -0.497 e. The predicted molar refractivity (Wildman–Crippen MR) is 101 cm³/mol. The Morgan fingerprint density at radius 2 is 1.77 bits per heavy atom. The third kappa shape index (κ3) is 4.23. The molecular formula is C21H24N2O3. The van der Waals surface area contributed by atoms with Crippen LogP contribution in [0.1, 0.15) is 18.9 Å². The van der Waals surface area contributed by atoms with E-state index in [1.165, 1.54) is 0 Å². The highest BCUT2D eigenvalue weighted by Gasteiger charge is 2.49. The number of rotatable bonds is 7. The van der Waals surface area contributed by atoms with Crippen molar-refractivity contribution < 1.29 is 14.3 Å². The maximum absolute atomic E-state index is 12.7. The number of hydrogen-bond donors (Lipinski definition) is 1. The van der Waals surface area contributed by atoms with Gasteiger partial charge >= 0.3 is 0 Å². The minimum atomic E-state index is -0.241. The first kappa shape index (κ1) is 18.0. The average molecular weight is 352 g/mol. The summed E-state index contributed by atoms with van der Waals surface area (Å²) in [5.74, 6) is 0.254.